The first-order chi connectivity index (χ1) is 13.2. The number of nitrogens with one attached hydrogen (secondary N) is 1. The van der Waals surface area contributed by atoms with Gasteiger partial charge in [-0.2, -0.15) is 0 Å². The average Bonchev–Trinajstić information content (AvgIpc) is 2.93. The molecule has 0 aromatic heterocycles. The molecule has 2 amide bonds. The van der Waals surface area contributed by atoms with Gasteiger partial charge in [-0.15, -0.1) is 0 Å². The molecule has 1 N–H and O–H groups in total. The molecule has 0 unspecified atom stereocenters. The Balaban J connectivity index is 1.35. The Labute approximate surface area is 162 Å². The fourth-order valence-corrected chi connectivity index (χ4v) is 4.47. The van der Waals surface area contributed by atoms with Crippen LogP contribution in [0, 0.1) is 5.92 Å². The summed E-state index contributed by atoms with van der Waals surface area (Å²) in [6.45, 7) is 4.99. The maximum atomic E-state index is 12.9. The van der Waals surface area contributed by atoms with E-state index in [2.05, 4.69) is 17.4 Å². The lowest BCUT2D eigenvalue weighted by atomic mass is 9.84. The summed E-state index contributed by atoms with van der Waals surface area (Å²) in [5.41, 5.74) is 2.09. The summed E-state index contributed by atoms with van der Waals surface area (Å²) in [4.78, 5) is 29.3. The Bertz CT molecular complexity index is 663. The highest BCUT2D eigenvalue weighted by Crippen LogP contribution is 2.29. The van der Waals surface area contributed by atoms with Crippen LogP contribution in [-0.2, 0) is 4.79 Å². The summed E-state index contributed by atoms with van der Waals surface area (Å²) >= 11 is 0. The van der Waals surface area contributed by atoms with Crippen LogP contribution in [0.4, 0.5) is 0 Å². The molecule has 0 radical (unpaired) electrons. The molecule has 3 fully saturated rings. The third-order valence-electron chi connectivity index (χ3n) is 6.48. The molecule has 1 saturated carbocycles. The van der Waals surface area contributed by atoms with Crippen LogP contribution in [0.2, 0.25) is 0 Å². The molecule has 2 aliphatic heterocycles. The van der Waals surface area contributed by atoms with Gasteiger partial charge in [-0.25, -0.2) is 0 Å². The quantitative estimate of drug-likeness (QED) is 0.891. The highest BCUT2D eigenvalue weighted by atomic mass is 16.2. The van der Waals surface area contributed by atoms with Crippen molar-refractivity contribution in [2.75, 3.05) is 39.3 Å². The molecule has 1 aliphatic carbocycles. The summed E-state index contributed by atoms with van der Waals surface area (Å²) in [5, 5.41) is 3.45. The van der Waals surface area contributed by atoms with Crippen LogP contribution in [0.5, 0.6) is 0 Å². The fraction of sp³-hybridized carbons (Fsp3) is 0.636. The van der Waals surface area contributed by atoms with Crippen LogP contribution in [0.25, 0.3) is 0 Å². The molecule has 2 heterocycles. The van der Waals surface area contributed by atoms with Gasteiger partial charge in [-0.05, 0) is 62.3 Å². The molecule has 27 heavy (non-hydrogen) atoms. The zero-order valence-electron chi connectivity index (χ0n) is 16.2. The second-order valence-corrected chi connectivity index (χ2v) is 8.26. The van der Waals surface area contributed by atoms with Crippen molar-refractivity contribution in [1.29, 1.82) is 0 Å². The molecule has 1 atom stereocenters. The first-order valence-corrected chi connectivity index (χ1v) is 10.6. The molecule has 146 valence electrons. The van der Waals surface area contributed by atoms with Crippen LogP contribution in [0.3, 0.4) is 0 Å². The maximum Gasteiger partial charge on any atom is 0.253 e. The van der Waals surface area contributed by atoms with E-state index in [1.807, 2.05) is 21.9 Å². The van der Waals surface area contributed by atoms with Crippen molar-refractivity contribution >= 4 is 11.8 Å². The third-order valence-corrected chi connectivity index (χ3v) is 6.48. The Morgan fingerprint density at radius 1 is 0.852 bits per heavy atom. The second-order valence-electron chi connectivity index (χ2n) is 8.26. The SMILES string of the molecule is O=C(c1ccc([C@H]2CCCNC2)cc1)N1CCCN(C(=O)C2CCC2)CC1. The Morgan fingerprint density at radius 3 is 2.26 bits per heavy atom. The molecule has 4 rings (SSSR count). The van der Waals surface area contributed by atoms with E-state index < -0.39 is 0 Å². The van der Waals surface area contributed by atoms with Crippen molar-refractivity contribution in [2.24, 2.45) is 5.92 Å². The molecule has 0 spiro atoms. The van der Waals surface area contributed by atoms with Gasteiger partial charge in [0.15, 0.2) is 0 Å². The number of amides is 2. The van der Waals surface area contributed by atoms with E-state index in [1.54, 1.807) is 0 Å². The zero-order valence-corrected chi connectivity index (χ0v) is 16.2. The Morgan fingerprint density at radius 2 is 1.59 bits per heavy atom. The summed E-state index contributed by atoms with van der Waals surface area (Å²) in [6, 6.07) is 8.20. The average molecular weight is 370 g/mol. The van der Waals surface area contributed by atoms with Crippen molar-refractivity contribution in [3.8, 4) is 0 Å². The minimum Gasteiger partial charge on any atom is -0.341 e. The molecule has 2 saturated heterocycles. The van der Waals surface area contributed by atoms with Gasteiger partial charge in [0.1, 0.15) is 0 Å². The molecule has 0 bridgehead atoms. The van der Waals surface area contributed by atoms with Gasteiger partial charge >= 0.3 is 0 Å². The van der Waals surface area contributed by atoms with Crippen molar-refractivity contribution in [1.82, 2.24) is 15.1 Å². The fourth-order valence-electron chi connectivity index (χ4n) is 4.47. The van der Waals surface area contributed by atoms with E-state index in [9.17, 15) is 9.59 Å². The molecular weight excluding hydrogens is 338 g/mol. The zero-order chi connectivity index (χ0) is 18.6. The Kier molecular flexibility index (Phi) is 5.77. The largest absolute Gasteiger partial charge is 0.341 e. The van der Waals surface area contributed by atoms with Gasteiger partial charge in [0.05, 0.1) is 0 Å². The molecule has 5 nitrogen and oxygen atoms in total. The summed E-state index contributed by atoms with van der Waals surface area (Å²) < 4.78 is 0. The van der Waals surface area contributed by atoms with Crippen molar-refractivity contribution in [2.45, 2.75) is 44.4 Å². The summed E-state index contributed by atoms with van der Waals surface area (Å²) in [6.07, 6.45) is 6.58. The lowest BCUT2D eigenvalue weighted by Gasteiger charge is -2.31. The van der Waals surface area contributed by atoms with Crippen molar-refractivity contribution in [3.63, 3.8) is 0 Å². The molecule has 5 heteroatoms. The van der Waals surface area contributed by atoms with Gasteiger partial charge in [0.25, 0.3) is 5.91 Å². The smallest absolute Gasteiger partial charge is 0.253 e. The highest BCUT2D eigenvalue weighted by molar-refractivity contribution is 5.94. The van der Waals surface area contributed by atoms with Gasteiger partial charge < -0.3 is 15.1 Å². The van der Waals surface area contributed by atoms with E-state index in [4.69, 9.17) is 0 Å². The first-order valence-electron chi connectivity index (χ1n) is 10.6. The molecule has 1 aromatic carbocycles. The predicted octanol–water partition coefficient (Wildman–Crippen LogP) is 2.63. The third kappa shape index (κ3) is 4.18. The predicted molar refractivity (Wildman–Crippen MR) is 106 cm³/mol. The summed E-state index contributed by atoms with van der Waals surface area (Å²) in [7, 11) is 0. The number of piperidine rings is 1. The van der Waals surface area contributed by atoms with Crippen LogP contribution >= 0.6 is 0 Å². The van der Waals surface area contributed by atoms with E-state index in [1.165, 1.54) is 24.8 Å². The van der Waals surface area contributed by atoms with Gasteiger partial charge in [0, 0.05) is 44.2 Å². The van der Waals surface area contributed by atoms with E-state index in [0.717, 1.165) is 51.0 Å². The van der Waals surface area contributed by atoms with Crippen LogP contribution in [0.15, 0.2) is 24.3 Å². The molecular formula is C22H31N3O2. The number of benzene rings is 1. The van der Waals surface area contributed by atoms with Crippen LogP contribution < -0.4 is 5.32 Å². The van der Waals surface area contributed by atoms with Gasteiger partial charge in [0.2, 0.25) is 5.91 Å². The standard InChI is InChI=1S/C22H31N3O2/c26-21(18-4-1-5-18)24-12-3-13-25(15-14-24)22(27)19-9-7-17(8-10-19)20-6-2-11-23-16-20/h7-10,18,20,23H,1-6,11-16H2/t20-/m0/s1. The van der Waals surface area contributed by atoms with Crippen LogP contribution in [0.1, 0.15) is 60.4 Å². The summed E-state index contributed by atoms with van der Waals surface area (Å²) in [5.74, 6) is 1.21. The number of hydrogen-bond acceptors (Lipinski definition) is 3. The van der Waals surface area contributed by atoms with E-state index >= 15 is 0 Å². The molecule has 3 aliphatic rings. The minimum atomic E-state index is 0.0984. The van der Waals surface area contributed by atoms with Gasteiger partial charge in [-0.1, -0.05) is 18.6 Å². The first kappa shape index (κ1) is 18.5. The normalized spacial score (nSPS) is 24.2. The van der Waals surface area contributed by atoms with Crippen molar-refractivity contribution in [3.05, 3.63) is 35.4 Å². The van der Waals surface area contributed by atoms with Crippen LogP contribution in [-0.4, -0.2) is 60.9 Å². The molecule has 1 aromatic rings. The number of nitrogens with zero attached hydrogens (tertiary/aromatic N) is 2. The van der Waals surface area contributed by atoms with E-state index in [-0.39, 0.29) is 11.8 Å². The topological polar surface area (TPSA) is 52.7 Å². The Hall–Kier alpha value is -1.88. The number of carbonyl (C=O) groups is 2. The monoisotopic (exact) mass is 369 g/mol. The minimum absolute atomic E-state index is 0.0984. The lowest BCUT2D eigenvalue weighted by Crippen LogP contribution is -2.41. The number of carbonyl (C=O) groups excluding carboxylic acids is 2. The lowest BCUT2D eigenvalue weighted by molar-refractivity contribution is -0.138. The van der Waals surface area contributed by atoms with Gasteiger partial charge in [-0.3, -0.25) is 9.59 Å². The maximum absolute atomic E-state index is 12.9. The number of rotatable bonds is 3. The van der Waals surface area contributed by atoms with Crippen molar-refractivity contribution < 1.29 is 9.59 Å². The van der Waals surface area contributed by atoms with E-state index in [0.29, 0.717) is 24.9 Å². The second kappa shape index (κ2) is 8.42. The highest BCUT2D eigenvalue weighted by Gasteiger charge is 2.31. The number of hydrogen-bond donors (Lipinski definition) is 1.